The van der Waals surface area contributed by atoms with Crippen molar-refractivity contribution in [1.82, 2.24) is 18.7 Å². The van der Waals surface area contributed by atoms with Gasteiger partial charge in [-0.3, -0.25) is 13.9 Å². The second kappa shape index (κ2) is 7.45. The molecule has 1 fully saturated rings. The Morgan fingerprint density at radius 1 is 1.07 bits per heavy atom. The lowest BCUT2D eigenvalue weighted by atomic mass is 9.94. The normalized spacial score (nSPS) is 17.5. The van der Waals surface area contributed by atoms with Crippen molar-refractivity contribution in [3.63, 3.8) is 0 Å². The van der Waals surface area contributed by atoms with Crippen molar-refractivity contribution in [2.45, 2.75) is 64.6 Å². The highest BCUT2D eigenvalue weighted by molar-refractivity contribution is 5.75. The number of aromatic nitrogens is 4. The maximum absolute atomic E-state index is 13.5. The molecule has 7 nitrogen and oxygen atoms in total. The van der Waals surface area contributed by atoms with Crippen LogP contribution in [0.25, 0.3) is 11.2 Å². The fraction of sp³-hybridized carbons (Fsp3) is 0.522. The van der Waals surface area contributed by atoms with Crippen LogP contribution in [0.4, 0.5) is 5.95 Å². The van der Waals surface area contributed by atoms with E-state index in [9.17, 15) is 9.59 Å². The Morgan fingerprint density at radius 3 is 2.63 bits per heavy atom. The molecule has 1 aromatic carbocycles. The molecule has 0 amide bonds. The number of nitrogens with zero attached hydrogens (tertiary/aromatic N) is 5. The van der Waals surface area contributed by atoms with E-state index in [2.05, 4.69) is 9.47 Å². The quantitative estimate of drug-likeness (QED) is 0.670. The second-order valence-corrected chi connectivity index (χ2v) is 8.80. The van der Waals surface area contributed by atoms with Gasteiger partial charge in [-0.05, 0) is 31.7 Å². The van der Waals surface area contributed by atoms with Gasteiger partial charge in [-0.1, -0.05) is 49.1 Å². The molecule has 0 radical (unpaired) electrons. The monoisotopic (exact) mass is 407 g/mol. The van der Waals surface area contributed by atoms with Gasteiger partial charge in [-0.15, -0.1) is 0 Å². The molecule has 1 aliphatic carbocycles. The van der Waals surface area contributed by atoms with Crippen LogP contribution in [0.15, 0.2) is 33.9 Å². The van der Waals surface area contributed by atoms with Crippen LogP contribution >= 0.6 is 0 Å². The molecule has 0 N–H and O–H groups in total. The summed E-state index contributed by atoms with van der Waals surface area (Å²) in [5.41, 5.74) is 2.58. The van der Waals surface area contributed by atoms with Crippen molar-refractivity contribution in [2.75, 3.05) is 11.4 Å². The Kier molecular flexibility index (Phi) is 4.76. The first-order valence-corrected chi connectivity index (χ1v) is 11.1. The van der Waals surface area contributed by atoms with E-state index in [4.69, 9.17) is 4.98 Å². The molecular weight excluding hydrogens is 378 g/mol. The molecule has 3 heterocycles. The molecule has 0 unspecified atom stereocenters. The molecule has 0 saturated heterocycles. The van der Waals surface area contributed by atoms with Crippen LogP contribution in [0, 0.1) is 6.92 Å². The van der Waals surface area contributed by atoms with Crippen LogP contribution in [0.2, 0.25) is 0 Å². The predicted molar refractivity (Wildman–Crippen MR) is 118 cm³/mol. The Labute approximate surface area is 175 Å². The molecule has 1 saturated carbocycles. The van der Waals surface area contributed by atoms with Gasteiger partial charge in [0.15, 0.2) is 11.2 Å². The van der Waals surface area contributed by atoms with Crippen LogP contribution in [0.3, 0.4) is 0 Å². The highest BCUT2D eigenvalue weighted by Crippen LogP contribution is 2.31. The number of hydrogen-bond acceptors (Lipinski definition) is 4. The summed E-state index contributed by atoms with van der Waals surface area (Å²) in [5, 5.41) is 0. The molecule has 30 heavy (non-hydrogen) atoms. The van der Waals surface area contributed by atoms with Crippen LogP contribution < -0.4 is 16.1 Å². The zero-order valence-corrected chi connectivity index (χ0v) is 17.8. The molecule has 0 atom stereocenters. The maximum Gasteiger partial charge on any atom is 0.332 e. The van der Waals surface area contributed by atoms with E-state index >= 15 is 0 Å². The SMILES string of the molecule is Cc1cccc(Cn2c(=O)c3c(nc4n3CCCN4C3CCCCC3)n(C)c2=O)c1. The largest absolute Gasteiger partial charge is 0.339 e. The maximum atomic E-state index is 13.5. The standard InChI is InChI=1S/C23H29N5O2/c1-16-8-6-9-17(14-16)15-28-21(29)19-20(25(2)23(28)30)24-22-26(12-7-13-27(19)22)18-10-4-3-5-11-18/h6,8-9,14,18H,3-5,7,10-13,15H2,1-2H3. The first-order valence-electron chi connectivity index (χ1n) is 11.1. The summed E-state index contributed by atoms with van der Waals surface area (Å²) in [6.45, 7) is 4.03. The number of rotatable bonds is 3. The van der Waals surface area contributed by atoms with Crippen molar-refractivity contribution in [2.24, 2.45) is 7.05 Å². The number of imidazole rings is 1. The third-order valence-corrected chi connectivity index (χ3v) is 6.69. The molecule has 2 aromatic heterocycles. The number of hydrogen-bond donors (Lipinski definition) is 0. The van der Waals surface area contributed by atoms with Gasteiger partial charge in [0.2, 0.25) is 5.95 Å². The molecule has 0 spiro atoms. The lowest BCUT2D eigenvalue weighted by molar-refractivity contribution is 0.391. The third kappa shape index (κ3) is 3.07. The van der Waals surface area contributed by atoms with Crippen LogP contribution in [-0.4, -0.2) is 31.3 Å². The number of benzene rings is 1. The third-order valence-electron chi connectivity index (χ3n) is 6.69. The predicted octanol–water partition coefficient (Wildman–Crippen LogP) is 2.80. The van der Waals surface area contributed by atoms with Crippen molar-refractivity contribution < 1.29 is 0 Å². The zero-order valence-electron chi connectivity index (χ0n) is 17.8. The first kappa shape index (κ1) is 19.2. The van der Waals surface area contributed by atoms with Crippen molar-refractivity contribution in [1.29, 1.82) is 0 Å². The molecule has 2 aliphatic rings. The van der Waals surface area contributed by atoms with Gasteiger partial charge < -0.3 is 9.47 Å². The number of aryl methyl sites for hydroxylation is 3. The lowest BCUT2D eigenvalue weighted by Crippen LogP contribution is -2.42. The summed E-state index contributed by atoms with van der Waals surface area (Å²) in [5.74, 6) is 0.864. The van der Waals surface area contributed by atoms with Gasteiger partial charge in [0.05, 0.1) is 6.54 Å². The minimum Gasteiger partial charge on any atom is -0.339 e. The molecule has 158 valence electrons. The molecule has 1 aliphatic heterocycles. The van der Waals surface area contributed by atoms with Crippen LogP contribution in [-0.2, 0) is 20.1 Å². The Hall–Kier alpha value is -2.83. The van der Waals surface area contributed by atoms with Gasteiger partial charge in [0, 0.05) is 26.2 Å². The van der Waals surface area contributed by atoms with Crippen molar-refractivity contribution >= 4 is 17.1 Å². The summed E-state index contributed by atoms with van der Waals surface area (Å²) >= 11 is 0. The summed E-state index contributed by atoms with van der Waals surface area (Å²) in [4.78, 5) is 33.7. The Morgan fingerprint density at radius 2 is 1.87 bits per heavy atom. The fourth-order valence-corrected chi connectivity index (χ4v) is 5.16. The van der Waals surface area contributed by atoms with Gasteiger partial charge in [-0.2, -0.15) is 4.98 Å². The summed E-state index contributed by atoms with van der Waals surface area (Å²) in [6, 6.07) is 8.44. The van der Waals surface area contributed by atoms with E-state index in [0.29, 0.717) is 17.2 Å². The smallest absolute Gasteiger partial charge is 0.332 e. The Balaban J connectivity index is 1.65. The summed E-state index contributed by atoms with van der Waals surface area (Å²) in [6.07, 6.45) is 7.17. The Bertz CT molecular complexity index is 1210. The summed E-state index contributed by atoms with van der Waals surface area (Å²) < 4.78 is 4.95. The van der Waals surface area contributed by atoms with Gasteiger partial charge in [0.25, 0.3) is 5.56 Å². The zero-order chi connectivity index (χ0) is 20.8. The molecular formula is C23H29N5O2. The lowest BCUT2D eigenvalue weighted by Gasteiger charge is -2.37. The topological polar surface area (TPSA) is 65.1 Å². The minimum atomic E-state index is -0.311. The van der Waals surface area contributed by atoms with E-state index in [0.717, 1.165) is 36.6 Å². The minimum absolute atomic E-state index is 0.237. The summed E-state index contributed by atoms with van der Waals surface area (Å²) in [7, 11) is 1.72. The van der Waals surface area contributed by atoms with E-state index in [1.807, 2.05) is 31.2 Å². The molecule has 5 rings (SSSR count). The average Bonchev–Trinajstić information content (AvgIpc) is 3.16. The fourth-order valence-electron chi connectivity index (χ4n) is 5.16. The average molecular weight is 408 g/mol. The molecule has 0 bridgehead atoms. The van der Waals surface area contributed by atoms with Gasteiger partial charge >= 0.3 is 5.69 Å². The number of fused-ring (bicyclic) bond motifs is 3. The van der Waals surface area contributed by atoms with E-state index in [-0.39, 0.29) is 17.8 Å². The molecule has 3 aromatic rings. The van der Waals surface area contributed by atoms with Crippen LogP contribution in [0.5, 0.6) is 0 Å². The highest BCUT2D eigenvalue weighted by atomic mass is 16.2. The first-order chi connectivity index (χ1) is 14.5. The van der Waals surface area contributed by atoms with Gasteiger partial charge in [0.1, 0.15) is 0 Å². The van der Waals surface area contributed by atoms with Crippen LogP contribution in [0.1, 0.15) is 49.7 Å². The van der Waals surface area contributed by atoms with E-state index in [1.54, 1.807) is 7.05 Å². The van der Waals surface area contributed by atoms with Crippen molar-refractivity contribution in [3.05, 3.63) is 56.2 Å². The van der Waals surface area contributed by atoms with Crippen molar-refractivity contribution in [3.8, 4) is 0 Å². The second-order valence-electron chi connectivity index (χ2n) is 8.80. The van der Waals surface area contributed by atoms with E-state index < -0.39 is 0 Å². The molecule has 7 heteroatoms. The van der Waals surface area contributed by atoms with E-state index in [1.165, 1.54) is 41.2 Å². The van der Waals surface area contributed by atoms with Gasteiger partial charge in [-0.25, -0.2) is 4.79 Å². The number of anilines is 1. The highest BCUT2D eigenvalue weighted by Gasteiger charge is 2.30.